The summed E-state index contributed by atoms with van der Waals surface area (Å²) in [5.41, 5.74) is 7.88. The zero-order valence-electron chi connectivity index (χ0n) is 17.3. The van der Waals surface area contributed by atoms with Crippen molar-refractivity contribution in [1.82, 2.24) is 10.2 Å². The van der Waals surface area contributed by atoms with Crippen LogP contribution in [0.1, 0.15) is 31.7 Å². The second kappa shape index (κ2) is 12.2. The van der Waals surface area contributed by atoms with E-state index >= 15 is 0 Å². The summed E-state index contributed by atoms with van der Waals surface area (Å²) in [6.45, 7) is 8.72. The van der Waals surface area contributed by atoms with E-state index in [-0.39, 0.29) is 29.9 Å². The van der Waals surface area contributed by atoms with E-state index in [4.69, 9.17) is 15.5 Å². The Morgan fingerprint density at radius 3 is 2.76 bits per heavy atom. The molecule has 1 amide bonds. The van der Waals surface area contributed by atoms with E-state index in [0.29, 0.717) is 18.9 Å². The predicted molar refractivity (Wildman–Crippen MR) is 128 cm³/mol. The number of primary amides is 1. The summed E-state index contributed by atoms with van der Waals surface area (Å²) in [5, 5.41) is 3.42. The quantitative estimate of drug-likeness (QED) is 0.345. The van der Waals surface area contributed by atoms with E-state index < -0.39 is 0 Å². The average Bonchev–Trinajstić information content (AvgIpc) is 2.72. The van der Waals surface area contributed by atoms with Gasteiger partial charge in [0.1, 0.15) is 0 Å². The Kier molecular flexibility index (Phi) is 9.99. The van der Waals surface area contributed by atoms with Crippen molar-refractivity contribution < 1.29 is 9.53 Å². The van der Waals surface area contributed by atoms with E-state index in [2.05, 4.69) is 46.3 Å². The molecule has 1 aromatic rings. The third-order valence-electron chi connectivity index (χ3n) is 5.39. The number of guanidine groups is 1. The molecule has 1 unspecified atom stereocenters. The molecule has 1 atom stereocenters. The highest BCUT2D eigenvalue weighted by molar-refractivity contribution is 14.0. The number of nitrogens with two attached hydrogens (primary N) is 1. The maximum Gasteiger partial charge on any atom is 0.217 e. The number of morpholine rings is 1. The summed E-state index contributed by atoms with van der Waals surface area (Å²) in [7, 11) is 0. The zero-order valence-corrected chi connectivity index (χ0v) is 19.6. The number of rotatable bonds is 6. The Bertz CT molecular complexity index is 679. The number of hydrogen-bond donors (Lipinski definition) is 2. The first kappa shape index (κ1) is 23.7. The number of amides is 1. The predicted octanol–water partition coefficient (Wildman–Crippen LogP) is 2.19. The van der Waals surface area contributed by atoms with Gasteiger partial charge in [-0.3, -0.25) is 4.79 Å². The molecule has 3 rings (SSSR count). The first-order valence-corrected chi connectivity index (χ1v) is 10.4. The summed E-state index contributed by atoms with van der Waals surface area (Å²) in [5.74, 6) is 1.03. The van der Waals surface area contributed by atoms with Crippen LogP contribution in [0.2, 0.25) is 0 Å². The lowest BCUT2D eigenvalue weighted by Crippen LogP contribution is -2.47. The Morgan fingerprint density at radius 1 is 1.28 bits per heavy atom. The minimum Gasteiger partial charge on any atom is -0.378 e. The fourth-order valence-electron chi connectivity index (χ4n) is 4.05. The van der Waals surface area contributed by atoms with Crippen molar-refractivity contribution in [3.8, 4) is 0 Å². The molecule has 2 fully saturated rings. The number of carbonyl (C=O) groups excluding carboxylic acids is 1. The molecule has 8 heteroatoms. The van der Waals surface area contributed by atoms with Crippen LogP contribution in [-0.2, 0) is 16.1 Å². The number of carbonyl (C=O) groups is 1. The van der Waals surface area contributed by atoms with Gasteiger partial charge in [-0.2, -0.15) is 0 Å². The van der Waals surface area contributed by atoms with Gasteiger partial charge in [-0.05, 0) is 37.3 Å². The van der Waals surface area contributed by atoms with Crippen molar-refractivity contribution in [2.75, 3.05) is 50.8 Å². The highest BCUT2D eigenvalue weighted by atomic mass is 127. The smallest absolute Gasteiger partial charge is 0.217 e. The van der Waals surface area contributed by atoms with Crippen molar-refractivity contribution in [1.29, 1.82) is 0 Å². The van der Waals surface area contributed by atoms with Gasteiger partial charge < -0.3 is 25.6 Å². The lowest BCUT2D eigenvalue weighted by molar-refractivity contribution is -0.119. The number of likely N-dealkylation sites (tertiary alicyclic amines) is 1. The van der Waals surface area contributed by atoms with Gasteiger partial charge in [0.2, 0.25) is 5.91 Å². The molecule has 2 aliphatic heterocycles. The first-order chi connectivity index (χ1) is 13.7. The van der Waals surface area contributed by atoms with E-state index in [1.807, 2.05) is 0 Å². The summed E-state index contributed by atoms with van der Waals surface area (Å²) in [6.07, 6.45) is 2.57. The molecule has 162 valence electrons. The molecule has 0 bridgehead atoms. The lowest BCUT2D eigenvalue weighted by Gasteiger charge is -2.35. The van der Waals surface area contributed by atoms with Crippen LogP contribution in [-0.4, -0.2) is 62.7 Å². The van der Waals surface area contributed by atoms with Crippen LogP contribution in [0, 0.1) is 5.92 Å². The number of piperidine rings is 1. The second-order valence-electron chi connectivity index (χ2n) is 7.52. The van der Waals surface area contributed by atoms with Gasteiger partial charge in [0, 0.05) is 44.8 Å². The molecule has 2 heterocycles. The molecule has 0 spiro atoms. The van der Waals surface area contributed by atoms with Crippen LogP contribution in [0.4, 0.5) is 5.69 Å². The molecular formula is C21H34IN5O2. The summed E-state index contributed by atoms with van der Waals surface area (Å²) < 4.78 is 5.49. The SMILES string of the molecule is CCNC(=NCc1ccccc1N1CCOCC1)N1CCCC(CC(N)=O)C1.I. The first-order valence-electron chi connectivity index (χ1n) is 10.4. The van der Waals surface area contributed by atoms with E-state index in [1.165, 1.54) is 11.3 Å². The molecule has 2 saturated heterocycles. The Morgan fingerprint density at radius 2 is 2.03 bits per heavy atom. The number of anilines is 1. The molecule has 0 aromatic heterocycles. The molecule has 0 aliphatic carbocycles. The molecular weight excluding hydrogens is 481 g/mol. The van der Waals surface area contributed by atoms with Crippen LogP contribution in [0.15, 0.2) is 29.3 Å². The minimum atomic E-state index is -0.215. The minimum absolute atomic E-state index is 0. The molecule has 29 heavy (non-hydrogen) atoms. The normalized spacial score (nSPS) is 20.2. The van der Waals surface area contributed by atoms with E-state index in [0.717, 1.165) is 64.7 Å². The largest absolute Gasteiger partial charge is 0.378 e. The van der Waals surface area contributed by atoms with Gasteiger partial charge in [-0.1, -0.05) is 18.2 Å². The molecule has 3 N–H and O–H groups in total. The standard InChI is InChI=1S/C21H33N5O2.HI/c1-2-23-21(26-9-5-6-17(16-26)14-20(22)27)24-15-18-7-3-4-8-19(18)25-10-12-28-13-11-25;/h3-4,7-8,17H,2,5-6,9-16H2,1H3,(H2,22,27)(H,23,24);1H. The van der Waals surface area contributed by atoms with Crippen molar-refractivity contribution in [2.24, 2.45) is 16.6 Å². The topological polar surface area (TPSA) is 83.2 Å². The number of nitrogens with one attached hydrogen (secondary N) is 1. The van der Waals surface area contributed by atoms with Crippen molar-refractivity contribution in [3.63, 3.8) is 0 Å². The number of ether oxygens (including phenoxy) is 1. The summed E-state index contributed by atoms with van der Waals surface area (Å²) in [4.78, 5) is 20.9. The lowest BCUT2D eigenvalue weighted by atomic mass is 9.95. The maximum absolute atomic E-state index is 11.3. The number of aliphatic imine (C=N–C) groups is 1. The molecule has 2 aliphatic rings. The average molecular weight is 515 g/mol. The van der Waals surface area contributed by atoms with Gasteiger partial charge in [-0.15, -0.1) is 24.0 Å². The molecule has 0 saturated carbocycles. The van der Waals surface area contributed by atoms with Crippen molar-refractivity contribution in [3.05, 3.63) is 29.8 Å². The van der Waals surface area contributed by atoms with Crippen LogP contribution >= 0.6 is 24.0 Å². The van der Waals surface area contributed by atoms with Crippen LogP contribution in [0.25, 0.3) is 0 Å². The fourth-order valence-corrected chi connectivity index (χ4v) is 4.05. The van der Waals surface area contributed by atoms with Crippen LogP contribution < -0.4 is 16.0 Å². The molecule has 1 aromatic carbocycles. The van der Waals surface area contributed by atoms with Gasteiger partial charge in [0.15, 0.2) is 5.96 Å². The van der Waals surface area contributed by atoms with E-state index in [1.54, 1.807) is 0 Å². The Labute approximate surface area is 191 Å². The van der Waals surface area contributed by atoms with Crippen LogP contribution in [0.3, 0.4) is 0 Å². The maximum atomic E-state index is 11.3. The van der Waals surface area contributed by atoms with Crippen LogP contribution in [0.5, 0.6) is 0 Å². The number of nitrogens with zero attached hydrogens (tertiary/aromatic N) is 3. The van der Waals surface area contributed by atoms with Crippen molar-refractivity contribution >= 4 is 41.5 Å². The third kappa shape index (κ3) is 7.02. The monoisotopic (exact) mass is 515 g/mol. The number of halogens is 1. The van der Waals surface area contributed by atoms with Gasteiger partial charge in [0.05, 0.1) is 19.8 Å². The summed E-state index contributed by atoms with van der Waals surface area (Å²) >= 11 is 0. The zero-order chi connectivity index (χ0) is 19.8. The summed E-state index contributed by atoms with van der Waals surface area (Å²) in [6, 6.07) is 8.49. The second-order valence-corrected chi connectivity index (χ2v) is 7.52. The molecule has 0 radical (unpaired) electrons. The van der Waals surface area contributed by atoms with Gasteiger partial charge in [-0.25, -0.2) is 4.99 Å². The highest BCUT2D eigenvalue weighted by Crippen LogP contribution is 2.23. The Balaban J connectivity index is 0.00000300. The fraction of sp³-hybridized carbons (Fsp3) is 0.619. The van der Waals surface area contributed by atoms with Gasteiger partial charge in [0.25, 0.3) is 0 Å². The number of hydrogen-bond acceptors (Lipinski definition) is 4. The van der Waals surface area contributed by atoms with Crippen molar-refractivity contribution in [2.45, 2.75) is 32.7 Å². The van der Waals surface area contributed by atoms with E-state index in [9.17, 15) is 4.79 Å². The van der Waals surface area contributed by atoms with Gasteiger partial charge >= 0.3 is 0 Å². The third-order valence-corrected chi connectivity index (χ3v) is 5.39. The highest BCUT2D eigenvalue weighted by Gasteiger charge is 2.23. The number of para-hydroxylation sites is 1. The Hall–Kier alpha value is -1.55. The molecule has 7 nitrogen and oxygen atoms in total. The number of benzene rings is 1.